The summed E-state index contributed by atoms with van der Waals surface area (Å²) < 4.78 is 72.3. The molecule has 0 saturated heterocycles. The van der Waals surface area contributed by atoms with Gasteiger partial charge in [0.2, 0.25) is 0 Å². The molecule has 0 spiro atoms. The number of halogens is 6. The molecule has 0 radical (unpaired) electrons. The van der Waals surface area contributed by atoms with Crippen LogP contribution in [0, 0.1) is 0 Å². The average molecular weight is 634 g/mol. The molecule has 27 heavy (non-hydrogen) atoms. The largest absolute Gasteiger partial charge is 0 e. The van der Waals surface area contributed by atoms with Gasteiger partial charge in [0, 0.05) is 44.2 Å². The van der Waals surface area contributed by atoms with Crippen molar-refractivity contribution in [2.75, 3.05) is 0 Å². The minimum atomic E-state index is -5.46. The molecule has 0 bridgehead atoms. The molecule has 0 aliphatic rings. The van der Waals surface area contributed by atoms with E-state index in [-0.39, 0.29) is 44.2 Å². The first-order chi connectivity index (χ1) is 11.4. The van der Waals surface area contributed by atoms with Crippen molar-refractivity contribution in [2.45, 2.75) is 69.9 Å². The molecule has 3 nitrogen and oxygen atoms in total. The topological polar surface area (TPSA) is 60.7 Å². The number of hydrogen-bond acceptors (Lipinski definition) is 3. The van der Waals surface area contributed by atoms with Crippen LogP contribution in [0.5, 0.6) is 0 Å². The molecule has 1 aromatic carbocycles. The zero-order valence-electron chi connectivity index (χ0n) is 16.2. The summed E-state index contributed by atoms with van der Waals surface area (Å²) in [6.07, 6.45) is -0.500. The van der Waals surface area contributed by atoms with Crippen molar-refractivity contribution in [3.8, 4) is 0 Å². The van der Waals surface area contributed by atoms with Gasteiger partial charge in [0.1, 0.15) is 0 Å². The summed E-state index contributed by atoms with van der Waals surface area (Å²) in [5, 5.41) is 13.9. The van der Waals surface area contributed by atoms with E-state index < -0.39 is 28.8 Å². The van der Waals surface area contributed by atoms with Crippen LogP contribution in [0.3, 0.4) is 0 Å². The Morgan fingerprint density at radius 2 is 0.852 bits per heavy atom. The first-order valence-electron chi connectivity index (χ1n) is 7.82. The molecule has 0 aliphatic heterocycles. The van der Waals surface area contributed by atoms with Crippen molar-refractivity contribution in [1.82, 2.24) is 0 Å². The van der Waals surface area contributed by atoms with E-state index in [1.165, 1.54) is 12.1 Å². The van der Waals surface area contributed by atoms with E-state index >= 15 is 0 Å². The Bertz CT molecular complexity index is 384. The second kappa shape index (κ2) is 17.1. The SMILES string of the molecule is CC(C)O.CC(C)O.CC(C)O.F[C](F)(F)[GeH]([c-]1cccc1)[C](F)(F)F.[Hf]. The molecule has 3 N–H and O–H groups in total. The van der Waals surface area contributed by atoms with Gasteiger partial charge in [-0.15, -0.1) is 0 Å². The molecule has 0 unspecified atom stereocenters. The van der Waals surface area contributed by atoms with Gasteiger partial charge in [-0.25, -0.2) is 0 Å². The van der Waals surface area contributed by atoms with Gasteiger partial charge in [0.25, 0.3) is 0 Å². The van der Waals surface area contributed by atoms with E-state index in [0.717, 1.165) is 12.1 Å². The molecule has 0 saturated carbocycles. The zero-order chi connectivity index (χ0) is 21.7. The monoisotopic (exact) mass is 637 g/mol. The van der Waals surface area contributed by atoms with Crippen molar-refractivity contribution < 1.29 is 67.5 Å². The van der Waals surface area contributed by atoms with E-state index in [4.69, 9.17) is 15.3 Å². The van der Waals surface area contributed by atoms with Gasteiger partial charge in [-0.2, -0.15) is 0 Å². The average Bonchev–Trinajstić information content (AvgIpc) is 2.74. The Labute approximate surface area is 180 Å². The van der Waals surface area contributed by atoms with Crippen LogP contribution in [0.2, 0.25) is 0 Å². The predicted molar refractivity (Wildman–Crippen MR) is 93.0 cm³/mol. The van der Waals surface area contributed by atoms with E-state index in [1.807, 2.05) is 0 Å². The maximum Gasteiger partial charge on any atom is 0 e. The second-order valence-electron chi connectivity index (χ2n) is 6.02. The third-order valence-electron chi connectivity index (χ3n) is 1.68. The van der Waals surface area contributed by atoms with Gasteiger partial charge >= 0.3 is 79.4 Å². The van der Waals surface area contributed by atoms with E-state index in [9.17, 15) is 26.3 Å². The molecule has 162 valence electrons. The fourth-order valence-electron chi connectivity index (χ4n) is 1.14. The minimum Gasteiger partial charge on any atom is 0 e. The van der Waals surface area contributed by atoms with Crippen molar-refractivity contribution >= 4 is 18.7 Å². The molecule has 0 aliphatic carbocycles. The summed E-state index contributed by atoms with van der Waals surface area (Å²) in [7, 11) is 0. The third kappa shape index (κ3) is 28.5. The van der Waals surface area contributed by atoms with E-state index in [0.29, 0.717) is 0 Å². The molecule has 0 atom stereocenters. The molecule has 0 fully saturated rings. The van der Waals surface area contributed by atoms with E-state index in [1.54, 1.807) is 41.5 Å². The second-order valence-corrected chi connectivity index (χ2v) is 12.0. The van der Waals surface area contributed by atoms with Crippen LogP contribution in [0.25, 0.3) is 0 Å². The van der Waals surface area contributed by atoms with Crippen LogP contribution in [-0.2, 0) is 25.8 Å². The van der Waals surface area contributed by atoms with Crippen LogP contribution >= 0.6 is 0 Å². The van der Waals surface area contributed by atoms with Gasteiger partial charge in [0.15, 0.2) is 0 Å². The molecular formula is C16H29F6GeHfO3-. The Morgan fingerprint density at radius 3 is 1.00 bits per heavy atom. The summed E-state index contributed by atoms with van der Waals surface area (Å²) >= 11 is -5.46. The standard InChI is InChI=1S/C7H5F6Ge.3C3H8O.Hf/c8-6(9,10)14(7(11,12)13)5-3-1-2-4-5;3*1-3(2)4;/h1-4,14H;3*3-4H,1-2H3;/q-1;;;;. The number of rotatable bonds is 1. The van der Waals surface area contributed by atoms with Crippen LogP contribution in [-0.4, -0.2) is 58.0 Å². The molecule has 11 heteroatoms. The first kappa shape index (κ1) is 34.7. The molecular weight excluding hydrogens is 605 g/mol. The van der Waals surface area contributed by atoms with Gasteiger partial charge in [0.05, 0.1) is 0 Å². The Balaban J connectivity index is -0.000000169. The van der Waals surface area contributed by atoms with Gasteiger partial charge in [-0.05, 0) is 41.5 Å². The Hall–Kier alpha value is 0.223. The summed E-state index contributed by atoms with van der Waals surface area (Å²) in [6.45, 7) is 10.3. The van der Waals surface area contributed by atoms with E-state index in [2.05, 4.69) is 0 Å². The normalized spacial score (nSPS) is 11.1. The zero-order valence-corrected chi connectivity index (χ0v) is 22.2. The predicted octanol–water partition coefficient (Wildman–Crippen LogP) is 3.20. The van der Waals surface area contributed by atoms with Crippen LogP contribution in [0.4, 0.5) is 26.3 Å². The molecule has 0 amide bonds. The fourth-order valence-corrected chi connectivity index (χ4v) is 4.78. The molecule has 0 heterocycles. The number of hydrogen-bond donors (Lipinski definition) is 3. The van der Waals surface area contributed by atoms with Crippen molar-refractivity contribution in [3.05, 3.63) is 24.3 Å². The number of aliphatic hydroxyl groups is 3. The van der Waals surface area contributed by atoms with Gasteiger partial charge < -0.3 is 15.3 Å². The summed E-state index contributed by atoms with van der Waals surface area (Å²) in [6, 6.07) is 4.16. The molecule has 1 aromatic rings. The summed E-state index contributed by atoms with van der Waals surface area (Å²) in [4.78, 5) is 0. The first-order valence-corrected chi connectivity index (χ1v) is 11.4. The van der Waals surface area contributed by atoms with Gasteiger partial charge in [-0.3, -0.25) is 0 Å². The quantitative estimate of drug-likeness (QED) is 0.253. The van der Waals surface area contributed by atoms with Crippen LogP contribution in [0.15, 0.2) is 24.3 Å². The molecule has 1 rings (SSSR count). The van der Waals surface area contributed by atoms with Crippen molar-refractivity contribution in [1.29, 1.82) is 0 Å². The van der Waals surface area contributed by atoms with Crippen molar-refractivity contribution in [3.63, 3.8) is 0 Å². The number of alkyl halides is 6. The van der Waals surface area contributed by atoms with Crippen molar-refractivity contribution in [2.24, 2.45) is 0 Å². The summed E-state index contributed by atoms with van der Waals surface area (Å²) in [5.41, 5.74) is 0. The smallest absolute Gasteiger partial charge is 0 e. The third-order valence-corrected chi connectivity index (χ3v) is 6.63. The maximum absolute atomic E-state index is 12.1. The summed E-state index contributed by atoms with van der Waals surface area (Å²) in [5.74, 6) is 0. The van der Waals surface area contributed by atoms with Crippen LogP contribution in [0.1, 0.15) is 41.5 Å². The fraction of sp³-hybridized carbons (Fsp3) is 0.688. The maximum atomic E-state index is 12.1. The number of aliphatic hydroxyl groups excluding tert-OH is 3. The van der Waals surface area contributed by atoms with Crippen LogP contribution < -0.4 is 4.40 Å². The Morgan fingerprint density at radius 1 is 0.667 bits per heavy atom. The molecule has 0 aromatic heterocycles. The Kier molecular flexibility index (Phi) is 22.0. The van der Waals surface area contributed by atoms with Gasteiger partial charge in [-0.1, -0.05) is 0 Å². The minimum absolute atomic E-state index is 0.